The van der Waals surface area contributed by atoms with Crippen LogP contribution >= 0.6 is 11.6 Å². The molecule has 0 fully saturated rings. The standard InChI is InChI=1S/C20H19ClN4/c21-17-6-3-4-15(14-17)8-11-22-20-23-12-9-19(24-20)25-13-10-16-5-1-2-7-18(16)25/h1-7,9,12,14H,8,10-11,13H2,(H,22,23,24). The van der Waals surface area contributed by atoms with E-state index in [4.69, 9.17) is 11.6 Å². The number of hydrogen-bond acceptors (Lipinski definition) is 4. The average Bonchev–Trinajstić information content (AvgIpc) is 3.06. The summed E-state index contributed by atoms with van der Waals surface area (Å²) in [7, 11) is 0. The number of halogens is 1. The minimum absolute atomic E-state index is 0.656. The van der Waals surface area contributed by atoms with Crippen molar-refractivity contribution in [2.75, 3.05) is 23.3 Å². The fourth-order valence-corrected chi connectivity index (χ4v) is 3.38. The number of anilines is 3. The average molecular weight is 351 g/mol. The van der Waals surface area contributed by atoms with Crippen LogP contribution < -0.4 is 10.2 Å². The number of hydrogen-bond donors (Lipinski definition) is 1. The first-order valence-electron chi connectivity index (χ1n) is 8.46. The van der Waals surface area contributed by atoms with Crippen molar-refractivity contribution in [3.63, 3.8) is 0 Å². The van der Waals surface area contributed by atoms with Crippen LogP contribution in [-0.4, -0.2) is 23.1 Å². The van der Waals surface area contributed by atoms with E-state index in [0.717, 1.165) is 36.8 Å². The molecule has 0 atom stereocenters. The summed E-state index contributed by atoms with van der Waals surface area (Å²) in [6, 6.07) is 18.4. The molecule has 1 N–H and O–H groups in total. The first-order valence-corrected chi connectivity index (χ1v) is 8.84. The maximum Gasteiger partial charge on any atom is 0.224 e. The predicted octanol–water partition coefficient (Wildman–Crippen LogP) is 4.48. The molecular weight excluding hydrogens is 332 g/mol. The Morgan fingerprint density at radius 2 is 2.00 bits per heavy atom. The summed E-state index contributed by atoms with van der Waals surface area (Å²) in [6.07, 6.45) is 3.74. The molecular formula is C20H19ClN4. The van der Waals surface area contributed by atoms with Gasteiger partial charge in [0.25, 0.3) is 0 Å². The molecule has 0 unspecified atom stereocenters. The van der Waals surface area contributed by atoms with E-state index in [1.165, 1.54) is 16.8 Å². The molecule has 0 spiro atoms. The van der Waals surface area contributed by atoms with Crippen LogP contribution in [0.2, 0.25) is 5.02 Å². The van der Waals surface area contributed by atoms with E-state index in [1.54, 1.807) is 0 Å². The van der Waals surface area contributed by atoms with E-state index in [2.05, 4.69) is 50.5 Å². The van der Waals surface area contributed by atoms with Gasteiger partial charge in [-0.25, -0.2) is 4.98 Å². The molecule has 3 aromatic rings. The Hall–Kier alpha value is -2.59. The van der Waals surface area contributed by atoms with Gasteiger partial charge in [0, 0.05) is 30.0 Å². The zero-order chi connectivity index (χ0) is 17.1. The normalized spacial score (nSPS) is 12.9. The van der Waals surface area contributed by atoms with Gasteiger partial charge < -0.3 is 10.2 Å². The molecule has 0 aliphatic carbocycles. The van der Waals surface area contributed by atoms with Gasteiger partial charge in [-0.2, -0.15) is 4.98 Å². The molecule has 5 heteroatoms. The molecule has 4 nitrogen and oxygen atoms in total. The Morgan fingerprint density at radius 3 is 2.92 bits per heavy atom. The van der Waals surface area contributed by atoms with Crippen LogP contribution in [0.15, 0.2) is 60.8 Å². The Morgan fingerprint density at radius 1 is 1.08 bits per heavy atom. The maximum absolute atomic E-state index is 6.02. The third kappa shape index (κ3) is 3.59. The van der Waals surface area contributed by atoms with E-state index in [-0.39, 0.29) is 0 Å². The van der Waals surface area contributed by atoms with E-state index in [0.29, 0.717) is 5.95 Å². The van der Waals surface area contributed by atoms with E-state index in [1.807, 2.05) is 30.5 Å². The Balaban J connectivity index is 1.44. The summed E-state index contributed by atoms with van der Waals surface area (Å²) in [5.74, 6) is 1.59. The number of rotatable bonds is 5. The molecule has 0 amide bonds. The SMILES string of the molecule is Clc1cccc(CCNc2nccc(N3CCc4ccccc43)n2)c1. The maximum atomic E-state index is 6.02. The summed E-state index contributed by atoms with van der Waals surface area (Å²) >= 11 is 6.02. The van der Waals surface area contributed by atoms with Crippen molar-refractivity contribution in [2.45, 2.75) is 12.8 Å². The molecule has 0 radical (unpaired) electrons. The highest BCUT2D eigenvalue weighted by atomic mass is 35.5. The first kappa shape index (κ1) is 15.9. The van der Waals surface area contributed by atoms with Crippen molar-refractivity contribution in [3.05, 3.63) is 76.9 Å². The highest BCUT2D eigenvalue weighted by Gasteiger charge is 2.20. The lowest BCUT2D eigenvalue weighted by molar-refractivity contribution is 0.947. The van der Waals surface area contributed by atoms with Crippen molar-refractivity contribution in [3.8, 4) is 0 Å². The highest BCUT2D eigenvalue weighted by molar-refractivity contribution is 6.30. The smallest absolute Gasteiger partial charge is 0.224 e. The van der Waals surface area contributed by atoms with E-state index in [9.17, 15) is 0 Å². The molecule has 0 bridgehead atoms. The Kier molecular flexibility index (Phi) is 4.53. The Labute approximate surface area is 152 Å². The largest absolute Gasteiger partial charge is 0.354 e. The molecule has 1 aliphatic rings. The first-order chi connectivity index (χ1) is 12.3. The molecule has 0 saturated carbocycles. The van der Waals surface area contributed by atoms with Crippen molar-refractivity contribution < 1.29 is 0 Å². The van der Waals surface area contributed by atoms with Crippen molar-refractivity contribution in [1.82, 2.24) is 9.97 Å². The number of para-hydroxylation sites is 1. The van der Waals surface area contributed by atoms with Gasteiger partial charge in [-0.3, -0.25) is 0 Å². The Bertz CT molecular complexity index is 881. The summed E-state index contributed by atoms with van der Waals surface area (Å²) in [5, 5.41) is 4.08. The third-order valence-corrected chi connectivity index (χ3v) is 4.63. The van der Waals surface area contributed by atoms with Crippen LogP contribution in [0, 0.1) is 0 Å². The molecule has 2 heterocycles. The second-order valence-electron chi connectivity index (χ2n) is 6.08. The van der Waals surface area contributed by atoms with Crippen LogP contribution in [0.1, 0.15) is 11.1 Å². The van der Waals surface area contributed by atoms with E-state index >= 15 is 0 Å². The van der Waals surface area contributed by atoms with Gasteiger partial charge in [0.1, 0.15) is 5.82 Å². The van der Waals surface area contributed by atoms with Crippen LogP contribution in [0.5, 0.6) is 0 Å². The molecule has 1 aliphatic heterocycles. The molecule has 2 aromatic carbocycles. The molecule has 4 rings (SSSR count). The number of fused-ring (bicyclic) bond motifs is 1. The second-order valence-corrected chi connectivity index (χ2v) is 6.51. The summed E-state index contributed by atoms with van der Waals surface area (Å²) in [5.41, 5.74) is 3.81. The fraction of sp³-hybridized carbons (Fsp3) is 0.200. The summed E-state index contributed by atoms with van der Waals surface area (Å²) < 4.78 is 0. The fourth-order valence-electron chi connectivity index (χ4n) is 3.17. The third-order valence-electron chi connectivity index (χ3n) is 4.39. The lowest BCUT2D eigenvalue weighted by Gasteiger charge is -2.18. The van der Waals surface area contributed by atoms with Crippen molar-refractivity contribution in [1.29, 1.82) is 0 Å². The molecule has 25 heavy (non-hydrogen) atoms. The monoisotopic (exact) mass is 350 g/mol. The van der Waals surface area contributed by atoms with Gasteiger partial charge in [-0.1, -0.05) is 41.9 Å². The van der Waals surface area contributed by atoms with Gasteiger partial charge in [0.05, 0.1) is 0 Å². The lowest BCUT2D eigenvalue weighted by atomic mass is 10.1. The van der Waals surface area contributed by atoms with Crippen molar-refractivity contribution >= 4 is 29.1 Å². The molecule has 1 aromatic heterocycles. The van der Waals surface area contributed by atoms with Gasteiger partial charge in [0.2, 0.25) is 5.95 Å². The lowest BCUT2D eigenvalue weighted by Crippen LogP contribution is -2.16. The number of aromatic nitrogens is 2. The summed E-state index contributed by atoms with van der Waals surface area (Å²) in [6.45, 7) is 1.72. The van der Waals surface area contributed by atoms with Gasteiger partial charge in [-0.15, -0.1) is 0 Å². The summed E-state index contributed by atoms with van der Waals surface area (Å²) in [4.78, 5) is 11.3. The minimum Gasteiger partial charge on any atom is -0.354 e. The predicted molar refractivity (Wildman–Crippen MR) is 103 cm³/mol. The van der Waals surface area contributed by atoms with Gasteiger partial charge in [-0.05, 0) is 48.2 Å². The zero-order valence-corrected chi connectivity index (χ0v) is 14.6. The van der Waals surface area contributed by atoms with E-state index < -0.39 is 0 Å². The number of nitrogens with zero attached hydrogens (tertiary/aromatic N) is 3. The highest BCUT2D eigenvalue weighted by Crippen LogP contribution is 2.33. The number of nitrogens with one attached hydrogen (secondary N) is 1. The topological polar surface area (TPSA) is 41.1 Å². The number of benzene rings is 2. The van der Waals surface area contributed by atoms with Gasteiger partial charge in [0.15, 0.2) is 0 Å². The molecule has 126 valence electrons. The zero-order valence-electron chi connectivity index (χ0n) is 13.8. The second kappa shape index (κ2) is 7.11. The van der Waals surface area contributed by atoms with Crippen LogP contribution in [0.25, 0.3) is 0 Å². The van der Waals surface area contributed by atoms with Crippen LogP contribution in [0.3, 0.4) is 0 Å². The van der Waals surface area contributed by atoms with Crippen molar-refractivity contribution in [2.24, 2.45) is 0 Å². The van der Waals surface area contributed by atoms with Crippen LogP contribution in [0.4, 0.5) is 17.5 Å². The quantitative estimate of drug-likeness (QED) is 0.736. The van der Waals surface area contributed by atoms with Gasteiger partial charge >= 0.3 is 0 Å². The molecule has 0 saturated heterocycles. The van der Waals surface area contributed by atoms with Crippen LogP contribution in [-0.2, 0) is 12.8 Å². The minimum atomic E-state index is 0.656.